The summed E-state index contributed by atoms with van der Waals surface area (Å²) in [5.41, 5.74) is 8.11. The quantitative estimate of drug-likeness (QED) is 0.170. The minimum atomic E-state index is -4.28. The molecule has 1 unspecified atom stereocenters. The van der Waals surface area contributed by atoms with Crippen molar-refractivity contribution in [1.29, 1.82) is 0 Å². The smallest absolute Gasteiger partial charge is 0.395 e. The number of aryl methyl sites for hydroxylation is 1. The number of benzene rings is 1. The van der Waals surface area contributed by atoms with Gasteiger partial charge in [0.25, 0.3) is 5.56 Å². The molecule has 36 heavy (non-hydrogen) atoms. The number of aromatic amines is 1. The summed E-state index contributed by atoms with van der Waals surface area (Å²) >= 11 is 3.32. The van der Waals surface area contributed by atoms with Gasteiger partial charge in [0.05, 0.1) is 24.9 Å². The molecular weight excluding hydrogens is 559 g/mol. The number of aromatic nitrogens is 3. The van der Waals surface area contributed by atoms with E-state index in [1.165, 1.54) is 29.2 Å². The number of phosphoric acid groups is 1. The van der Waals surface area contributed by atoms with Crippen molar-refractivity contribution >= 4 is 23.8 Å². The Morgan fingerprint density at radius 3 is 2.72 bits per heavy atom. The number of phosphoric ester groups is 1. The maximum Gasteiger partial charge on any atom is 0.587 e. The highest BCUT2D eigenvalue weighted by Crippen LogP contribution is 2.50. The summed E-state index contributed by atoms with van der Waals surface area (Å²) in [6, 6.07) is 8.88. The van der Waals surface area contributed by atoms with Gasteiger partial charge >= 0.3 is 13.5 Å². The zero-order valence-corrected chi connectivity index (χ0v) is 21.2. The highest BCUT2D eigenvalue weighted by atomic mass is 79.9. The lowest BCUT2D eigenvalue weighted by Crippen LogP contribution is -2.33. The number of rotatable bonds is 9. The van der Waals surface area contributed by atoms with Gasteiger partial charge in [-0.05, 0) is 48.9 Å². The zero-order chi connectivity index (χ0) is 25.7. The standard InChI is InChI=1S/C21H20BrN6O7P/c1-13-11-28(21(30)25-20(13)29)19-9-17(26-27-23)18(33-19)12-32-36(31,35-16-3-2-8-24-10-16)34-15-6-4-14(22)5-7-15/h2-8,10-11,17-19H,9,12H2,1H3,(H,25,29,30)/t17-,18+,19+,36?/m0/s1. The Morgan fingerprint density at radius 1 is 1.28 bits per heavy atom. The van der Waals surface area contributed by atoms with Crippen molar-refractivity contribution in [3.05, 3.63) is 96.3 Å². The van der Waals surface area contributed by atoms with E-state index in [-0.39, 0.29) is 24.5 Å². The summed E-state index contributed by atoms with van der Waals surface area (Å²) in [6.45, 7) is 1.19. The lowest BCUT2D eigenvalue weighted by atomic mass is 10.1. The number of H-pyrrole nitrogens is 1. The average molecular weight is 579 g/mol. The number of ether oxygens (including phenoxy) is 1. The summed E-state index contributed by atoms with van der Waals surface area (Å²) in [7, 11) is -4.28. The van der Waals surface area contributed by atoms with Crippen LogP contribution in [0, 0.1) is 6.92 Å². The fourth-order valence-electron chi connectivity index (χ4n) is 3.41. The van der Waals surface area contributed by atoms with Crippen LogP contribution in [0.15, 0.2) is 74.2 Å². The van der Waals surface area contributed by atoms with Gasteiger partial charge in [0.2, 0.25) is 0 Å². The molecule has 3 heterocycles. The first-order chi connectivity index (χ1) is 17.3. The lowest BCUT2D eigenvalue weighted by molar-refractivity contribution is -0.0260. The molecule has 0 bridgehead atoms. The molecule has 1 aromatic carbocycles. The molecule has 0 radical (unpaired) electrons. The van der Waals surface area contributed by atoms with Crippen molar-refractivity contribution in [3.8, 4) is 11.5 Å². The predicted molar refractivity (Wildman–Crippen MR) is 131 cm³/mol. The monoisotopic (exact) mass is 578 g/mol. The number of azide groups is 1. The van der Waals surface area contributed by atoms with Gasteiger partial charge in [-0.2, -0.15) is 0 Å². The molecule has 1 aliphatic heterocycles. The Kier molecular flexibility index (Phi) is 7.92. The van der Waals surface area contributed by atoms with Gasteiger partial charge in [0.15, 0.2) is 5.75 Å². The minimum Gasteiger partial charge on any atom is -0.395 e. The van der Waals surface area contributed by atoms with E-state index >= 15 is 0 Å². The second-order valence-electron chi connectivity index (χ2n) is 7.68. The van der Waals surface area contributed by atoms with Crippen LogP contribution in [0.4, 0.5) is 0 Å². The van der Waals surface area contributed by atoms with Crippen molar-refractivity contribution in [2.45, 2.75) is 31.7 Å². The van der Waals surface area contributed by atoms with E-state index in [2.05, 4.69) is 35.9 Å². The third kappa shape index (κ3) is 6.23. The van der Waals surface area contributed by atoms with E-state index in [1.54, 1.807) is 37.3 Å². The van der Waals surface area contributed by atoms with Crippen LogP contribution in [0.5, 0.6) is 11.5 Å². The first-order valence-corrected chi connectivity index (χ1v) is 12.8. The molecule has 4 atom stereocenters. The first-order valence-electron chi connectivity index (χ1n) is 10.6. The Labute approximate surface area is 212 Å². The molecule has 1 N–H and O–H groups in total. The third-order valence-corrected chi connectivity index (χ3v) is 7.00. The van der Waals surface area contributed by atoms with Crippen LogP contribution >= 0.6 is 23.8 Å². The van der Waals surface area contributed by atoms with Crippen molar-refractivity contribution in [1.82, 2.24) is 14.5 Å². The average Bonchev–Trinajstić information content (AvgIpc) is 3.25. The fraction of sp³-hybridized carbons (Fsp3) is 0.286. The van der Waals surface area contributed by atoms with Crippen LogP contribution < -0.4 is 20.3 Å². The van der Waals surface area contributed by atoms with E-state index in [4.69, 9.17) is 23.8 Å². The van der Waals surface area contributed by atoms with E-state index in [1.807, 2.05) is 0 Å². The second kappa shape index (κ2) is 11.1. The summed E-state index contributed by atoms with van der Waals surface area (Å²) in [4.78, 5) is 33.0. The van der Waals surface area contributed by atoms with Crippen LogP contribution in [-0.4, -0.2) is 33.3 Å². The molecular formula is C21H20BrN6O7P. The van der Waals surface area contributed by atoms with E-state index in [9.17, 15) is 14.2 Å². The molecule has 0 spiro atoms. The molecule has 3 aromatic rings. The molecule has 1 aliphatic rings. The first kappa shape index (κ1) is 25.7. The summed E-state index contributed by atoms with van der Waals surface area (Å²) in [6.07, 6.45) is 2.58. The Hall–Kier alpha value is -3.41. The number of nitrogens with one attached hydrogen (secondary N) is 1. The normalized spacial score (nSPS) is 20.8. The fourth-order valence-corrected chi connectivity index (χ4v) is 4.90. The maximum absolute atomic E-state index is 13.6. The second-order valence-corrected chi connectivity index (χ2v) is 10.1. The highest BCUT2D eigenvalue weighted by Gasteiger charge is 2.40. The zero-order valence-electron chi connectivity index (χ0n) is 18.8. The van der Waals surface area contributed by atoms with Gasteiger partial charge in [-0.25, -0.2) is 9.36 Å². The lowest BCUT2D eigenvalue weighted by Gasteiger charge is -2.22. The number of pyridine rings is 1. The maximum atomic E-state index is 13.6. The van der Waals surface area contributed by atoms with Crippen molar-refractivity contribution < 1.29 is 22.9 Å². The van der Waals surface area contributed by atoms with Gasteiger partial charge in [0.1, 0.15) is 12.0 Å². The van der Waals surface area contributed by atoms with Crippen LogP contribution in [-0.2, 0) is 13.8 Å². The molecule has 2 aromatic heterocycles. The molecule has 15 heteroatoms. The topological polar surface area (TPSA) is 170 Å². The Morgan fingerprint density at radius 2 is 2.03 bits per heavy atom. The summed E-state index contributed by atoms with van der Waals surface area (Å²) in [5.74, 6) is 0.363. The van der Waals surface area contributed by atoms with Crippen LogP contribution in [0.25, 0.3) is 10.4 Å². The Balaban J connectivity index is 1.55. The number of hydrogen-bond acceptors (Lipinski definition) is 9. The van der Waals surface area contributed by atoms with Gasteiger partial charge in [0, 0.05) is 33.8 Å². The van der Waals surface area contributed by atoms with Gasteiger partial charge in [-0.1, -0.05) is 21.0 Å². The molecule has 0 amide bonds. The molecule has 0 aliphatic carbocycles. The third-order valence-electron chi connectivity index (χ3n) is 5.14. The highest BCUT2D eigenvalue weighted by molar-refractivity contribution is 9.10. The predicted octanol–water partition coefficient (Wildman–Crippen LogP) is 4.25. The number of halogens is 1. The minimum absolute atomic E-state index is 0.116. The van der Waals surface area contributed by atoms with Crippen molar-refractivity contribution in [3.63, 3.8) is 0 Å². The molecule has 13 nitrogen and oxygen atoms in total. The molecule has 1 saturated heterocycles. The van der Waals surface area contributed by atoms with Gasteiger partial charge in [-0.15, -0.1) is 0 Å². The molecule has 4 rings (SSSR count). The van der Waals surface area contributed by atoms with Crippen molar-refractivity contribution in [2.24, 2.45) is 5.11 Å². The SMILES string of the molecule is Cc1cn([C@H]2C[C@H](N=[N+]=[N-])[C@@H](COP(=O)(Oc3ccc(Br)cc3)Oc3cccnc3)O2)c(=O)[nH]c1=O. The summed E-state index contributed by atoms with van der Waals surface area (Å²) < 4.78 is 38.2. The molecule has 1 fully saturated rings. The van der Waals surface area contributed by atoms with E-state index in [0.29, 0.717) is 5.56 Å². The van der Waals surface area contributed by atoms with Crippen molar-refractivity contribution in [2.75, 3.05) is 6.61 Å². The molecule has 0 saturated carbocycles. The van der Waals surface area contributed by atoms with E-state index in [0.717, 1.165) is 4.47 Å². The van der Waals surface area contributed by atoms with E-state index < -0.39 is 37.4 Å². The number of nitrogens with zero attached hydrogens (tertiary/aromatic N) is 5. The Bertz CT molecular complexity index is 1430. The van der Waals surface area contributed by atoms with Crippen LogP contribution in [0.2, 0.25) is 0 Å². The number of hydrogen-bond donors (Lipinski definition) is 1. The van der Waals surface area contributed by atoms with Gasteiger partial charge < -0.3 is 13.8 Å². The van der Waals surface area contributed by atoms with Crippen LogP contribution in [0.1, 0.15) is 18.2 Å². The van der Waals surface area contributed by atoms with Crippen LogP contribution in [0.3, 0.4) is 0 Å². The largest absolute Gasteiger partial charge is 0.587 e. The summed E-state index contributed by atoms with van der Waals surface area (Å²) in [5, 5.41) is 3.73. The van der Waals surface area contributed by atoms with Gasteiger partial charge in [-0.3, -0.25) is 23.9 Å². The molecule has 188 valence electrons.